The van der Waals surface area contributed by atoms with Gasteiger partial charge in [0.15, 0.2) is 0 Å². The van der Waals surface area contributed by atoms with Crippen molar-refractivity contribution in [3.8, 4) is 0 Å². The lowest BCUT2D eigenvalue weighted by molar-refractivity contribution is 0.114. The van der Waals surface area contributed by atoms with E-state index in [0.717, 1.165) is 10.2 Å². The molecule has 1 saturated heterocycles. The van der Waals surface area contributed by atoms with Gasteiger partial charge in [0.05, 0.1) is 11.7 Å². The van der Waals surface area contributed by atoms with Crippen LogP contribution < -0.4 is 15.9 Å². The van der Waals surface area contributed by atoms with Crippen LogP contribution in [0.3, 0.4) is 0 Å². The van der Waals surface area contributed by atoms with E-state index in [1.165, 1.54) is 6.42 Å². The Bertz CT molecular complexity index is 559. The van der Waals surface area contributed by atoms with E-state index in [9.17, 15) is 0 Å². The van der Waals surface area contributed by atoms with Crippen molar-refractivity contribution in [1.82, 2.24) is 10.9 Å². The number of hydrogen-bond donors (Lipinski definition) is 2. The molecule has 2 aliphatic heterocycles. The van der Waals surface area contributed by atoms with E-state index >= 15 is 0 Å². The number of nitrogens with one attached hydrogen (secondary N) is 2. The molecule has 1 aromatic carbocycles. The second kappa shape index (κ2) is 3.56. The molecular formula is C13H14BrN5. The van der Waals surface area contributed by atoms with Gasteiger partial charge < -0.3 is 0 Å². The standard InChI is InChI=1S/C13H14BrN5/c14-6-1-3-7(4-2-6)19-13-9-5-8(12(13)17-18-19)10-11(9)16-15-10/h1-4,8-13,15-16H,5H2/t8-,9+,10+,11-,12-,13+/m0/s1. The molecule has 1 aromatic rings. The molecule has 0 spiro atoms. The fourth-order valence-electron chi connectivity index (χ4n) is 4.31. The van der Waals surface area contributed by atoms with Crippen molar-refractivity contribution in [2.24, 2.45) is 22.2 Å². The molecule has 5 rings (SSSR count). The molecule has 3 fully saturated rings. The van der Waals surface area contributed by atoms with Crippen LogP contribution in [-0.2, 0) is 0 Å². The Hall–Kier alpha value is -0.980. The van der Waals surface area contributed by atoms with Crippen LogP contribution in [0, 0.1) is 11.8 Å². The Kier molecular flexibility index (Phi) is 2.02. The molecule has 2 saturated carbocycles. The molecule has 2 bridgehead atoms. The fraction of sp³-hybridized carbons (Fsp3) is 0.538. The minimum atomic E-state index is 0.379. The number of anilines is 1. The summed E-state index contributed by atoms with van der Waals surface area (Å²) in [6, 6.07) is 10.4. The van der Waals surface area contributed by atoms with E-state index in [4.69, 9.17) is 0 Å². The van der Waals surface area contributed by atoms with E-state index in [0.29, 0.717) is 36.0 Å². The third kappa shape index (κ3) is 1.27. The summed E-state index contributed by atoms with van der Waals surface area (Å²) in [6.07, 6.45) is 1.27. The Balaban J connectivity index is 1.51. The maximum Gasteiger partial charge on any atom is 0.100 e. The molecule has 98 valence electrons. The highest BCUT2D eigenvalue weighted by Crippen LogP contribution is 2.53. The number of nitrogens with zero attached hydrogens (tertiary/aromatic N) is 3. The zero-order valence-corrected chi connectivity index (χ0v) is 11.8. The largest absolute Gasteiger partial charge is 0.252 e. The number of hydrazine groups is 1. The van der Waals surface area contributed by atoms with E-state index in [2.05, 4.69) is 66.4 Å². The highest BCUT2D eigenvalue weighted by Gasteiger charge is 2.65. The van der Waals surface area contributed by atoms with Crippen LogP contribution in [0.1, 0.15) is 6.42 Å². The molecular weight excluding hydrogens is 306 g/mol. The lowest BCUT2D eigenvalue weighted by Crippen LogP contribution is -2.73. The summed E-state index contributed by atoms with van der Waals surface area (Å²) in [7, 11) is 0. The molecule has 0 amide bonds. The van der Waals surface area contributed by atoms with Crippen molar-refractivity contribution >= 4 is 21.6 Å². The summed E-state index contributed by atoms with van der Waals surface area (Å²) < 4.78 is 1.10. The van der Waals surface area contributed by atoms with Crippen LogP contribution in [0.5, 0.6) is 0 Å². The molecule has 6 heteroatoms. The van der Waals surface area contributed by atoms with Crippen molar-refractivity contribution in [3.63, 3.8) is 0 Å². The zero-order valence-electron chi connectivity index (χ0n) is 10.2. The summed E-state index contributed by atoms with van der Waals surface area (Å²) in [5.41, 5.74) is 7.85. The maximum absolute atomic E-state index is 4.55. The van der Waals surface area contributed by atoms with Gasteiger partial charge in [-0.25, -0.2) is 5.01 Å². The minimum Gasteiger partial charge on any atom is -0.252 e. The van der Waals surface area contributed by atoms with Crippen molar-refractivity contribution < 1.29 is 0 Å². The summed E-state index contributed by atoms with van der Waals surface area (Å²) in [5.74, 6) is 1.32. The molecule has 6 atom stereocenters. The number of hydrogen-bond acceptors (Lipinski definition) is 5. The lowest BCUT2D eigenvalue weighted by atomic mass is 9.81. The van der Waals surface area contributed by atoms with Gasteiger partial charge in [-0.15, -0.1) is 0 Å². The van der Waals surface area contributed by atoms with Gasteiger partial charge >= 0.3 is 0 Å². The predicted molar refractivity (Wildman–Crippen MR) is 74.5 cm³/mol. The van der Waals surface area contributed by atoms with Gasteiger partial charge in [-0.1, -0.05) is 21.2 Å². The van der Waals surface area contributed by atoms with Gasteiger partial charge in [0.2, 0.25) is 0 Å². The SMILES string of the molecule is Brc1ccc(N2N=N[C@H]3[C@H]4C[C@H]([C@@H]5NN[C@H]45)[C@H]32)cc1. The van der Waals surface area contributed by atoms with Crippen LogP contribution in [0.15, 0.2) is 39.1 Å². The first kappa shape index (κ1) is 10.8. The maximum atomic E-state index is 4.55. The van der Waals surface area contributed by atoms with E-state index < -0.39 is 0 Å². The Morgan fingerprint density at radius 1 is 1.11 bits per heavy atom. The first-order valence-electron chi connectivity index (χ1n) is 6.79. The molecule has 2 N–H and O–H groups in total. The average molecular weight is 320 g/mol. The van der Waals surface area contributed by atoms with Gasteiger partial charge in [0.1, 0.15) is 6.04 Å². The first-order chi connectivity index (χ1) is 9.33. The number of fused-ring (bicyclic) bond motifs is 8. The van der Waals surface area contributed by atoms with Crippen LogP contribution in [0.4, 0.5) is 5.69 Å². The van der Waals surface area contributed by atoms with Crippen LogP contribution in [0.25, 0.3) is 0 Å². The molecule has 19 heavy (non-hydrogen) atoms. The molecule has 2 aliphatic carbocycles. The second-order valence-corrected chi connectivity index (χ2v) is 6.83. The van der Waals surface area contributed by atoms with Crippen LogP contribution >= 0.6 is 15.9 Å². The van der Waals surface area contributed by atoms with E-state index in [-0.39, 0.29) is 0 Å². The molecule has 0 unspecified atom stereocenters. The summed E-state index contributed by atoms with van der Waals surface area (Å²) in [6.45, 7) is 0. The smallest absolute Gasteiger partial charge is 0.100 e. The summed E-state index contributed by atoms with van der Waals surface area (Å²) in [4.78, 5) is 0. The molecule has 5 nitrogen and oxygen atoms in total. The first-order valence-corrected chi connectivity index (χ1v) is 7.59. The zero-order chi connectivity index (χ0) is 12.6. The van der Waals surface area contributed by atoms with Gasteiger partial charge in [-0.2, -0.15) is 5.11 Å². The normalized spacial score (nSPS) is 45.2. The van der Waals surface area contributed by atoms with Gasteiger partial charge in [0, 0.05) is 28.4 Å². The van der Waals surface area contributed by atoms with Crippen molar-refractivity contribution in [1.29, 1.82) is 0 Å². The quantitative estimate of drug-likeness (QED) is 0.831. The number of halogens is 1. The minimum absolute atomic E-state index is 0.379. The Morgan fingerprint density at radius 3 is 2.58 bits per heavy atom. The highest BCUT2D eigenvalue weighted by molar-refractivity contribution is 9.10. The number of rotatable bonds is 1. The Labute approximate surface area is 119 Å². The third-order valence-corrected chi connectivity index (χ3v) is 5.68. The van der Waals surface area contributed by atoms with Gasteiger partial charge in [-0.3, -0.25) is 10.9 Å². The van der Waals surface area contributed by atoms with Crippen LogP contribution in [-0.4, -0.2) is 24.2 Å². The average Bonchev–Trinajstić information content (AvgIpc) is 2.98. The fourth-order valence-corrected chi connectivity index (χ4v) is 4.58. The van der Waals surface area contributed by atoms with Gasteiger partial charge in [-0.05, 0) is 30.7 Å². The van der Waals surface area contributed by atoms with Crippen LogP contribution in [0.2, 0.25) is 0 Å². The summed E-state index contributed by atoms with van der Waals surface area (Å²) >= 11 is 3.48. The number of benzene rings is 1. The topological polar surface area (TPSA) is 52.0 Å². The van der Waals surface area contributed by atoms with Crippen molar-refractivity contribution in [2.75, 3.05) is 5.01 Å². The second-order valence-electron chi connectivity index (χ2n) is 5.91. The third-order valence-electron chi connectivity index (χ3n) is 5.15. The molecule has 2 heterocycles. The molecule has 0 aromatic heterocycles. The molecule has 4 aliphatic rings. The highest BCUT2D eigenvalue weighted by atomic mass is 79.9. The van der Waals surface area contributed by atoms with E-state index in [1.807, 2.05) is 0 Å². The lowest BCUT2D eigenvalue weighted by Gasteiger charge is -2.46. The summed E-state index contributed by atoms with van der Waals surface area (Å²) in [5, 5.41) is 11.1. The monoisotopic (exact) mass is 319 g/mol. The van der Waals surface area contributed by atoms with Crippen molar-refractivity contribution in [2.45, 2.75) is 30.6 Å². The van der Waals surface area contributed by atoms with Gasteiger partial charge in [0.25, 0.3) is 0 Å². The van der Waals surface area contributed by atoms with Crippen molar-refractivity contribution in [3.05, 3.63) is 28.7 Å². The van der Waals surface area contributed by atoms with E-state index in [1.54, 1.807) is 0 Å². The predicted octanol–water partition coefficient (Wildman–Crippen LogP) is 1.87. The Morgan fingerprint density at radius 2 is 1.84 bits per heavy atom. The molecule has 0 radical (unpaired) electrons.